The van der Waals surface area contributed by atoms with Gasteiger partial charge < -0.3 is 5.32 Å². The number of aromatic amines is 1. The van der Waals surface area contributed by atoms with Crippen molar-refractivity contribution in [3.05, 3.63) is 86.8 Å². The summed E-state index contributed by atoms with van der Waals surface area (Å²) in [5.74, 6) is 0.993. The second-order valence-electron chi connectivity index (χ2n) is 6.94. The molecule has 4 aromatic rings. The van der Waals surface area contributed by atoms with E-state index in [9.17, 15) is 4.79 Å². The van der Waals surface area contributed by atoms with Gasteiger partial charge in [0.1, 0.15) is 0 Å². The third-order valence-corrected chi connectivity index (χ3v) is 5.53. The van der Waals surface area contributed by atoms with Crippen LogP contribution < -0.4 is 10.9 Å². The average Bonchev–Trinajstić information content (AvgIpc) is 3.32. The number of hydrogen-bond acceptors (Lipinski definition) is 4. The Balaban J connectivity index is 1.40. The quantitative estimate of drug-likeness (QED) is 0.558. The monoisotopic (exact) mass is 391 g/mol. The van der Waals surface area contributed by atoms with Gasteiger partial charge in [-0.2, -0.15) is 9.50 Å². The first-order valence-corrected chi connectivity index (χ1v) is 9.61. The highest BCUT2D eigenvalue weighted by Gasteiger charge is 2.23. The van der Waals surface area contributed by atoms with Crippen molar-refractivity contribution in [2.45, 2.75) is 25.4 Å². The summed E-state index contributed by atoms with van der Waals surface area (Å²) in [4.78, 5) is 21.5. The molecule has 2 heterocycles. The first-order chi connectivity index (χ1) is 13.7. The SMILES string of the molecule is O=c1cc(CNC2CCc3c(Cl)cccc32)nc2nc(-c3ccccc3)[nH]n12. The van der Waals surface area contributed by atoms with E-state index in [0.29, 0.717) is 23.8 Å². The lowest BCUT2D eigenvalue weighted by atomic mass is 10.1. The number of rotatable bonds is 4. The topological polar surface area (TPSA) is 75.1 Å². The molecule has 28 heavy (non-hydrogen) atoms. The molecule has 0 saturated carbocycles. The Morgan fingerprint density at radius 1 is 1.14 bits per heavy atom. The lowest BCUT2D eigenvalue weighted by Gasteiger charge is -2.13. The smallest absolute Gasteiger partial charge is 0.274 e. The molecule has 0 saturated heterocycles. The first-order valence-electron chi connectivity index (χ1n) is 9.24. The molecule has 140 valence electrons. The van der Waals surface area contributed by atoms with E-state index in [1.165, 1.54) is 15.6 Å². The molecule has 0 amide bonds. The molecular weight excluding hydrogens is 374 g/mol. The van der Waals surface area contributed by atoms with Crippen molar-refractivity contribution < 1.29 is 0 Å². The highest BCUT2D eigenvalue weighted by atomic mass is 35.5. The van der Waals surface area contributed by atoms with Crippen LogP contribution in [-0.2, 0) is 13.0 Å². The van der Waals surface area contributed by atoms with E-state index in [0.717, 1.165) is 23.4 Å². The van der Waals surface area contributed by atoms with Crippen LogP contribution in [0.1, 0.15) is 29.3 Å². The Hall–Kier alpha value is -2.96. The number of halogens is 1. The summed E-state index contributed by atoms with van der Waals surface area (Å²) in [6.07, 6.45) is 1.95. The average molecular weight is 392 g/mol. The third-order valence-electron chi connectivity index (χ3n) is 5.17. The zero-order valence-corrected chi connectivity index (χ0v) is 15.8. The number of nitrogens with zero attached hydrogens (tertiary/aromatic N) is 3. The number of nitrogens with one attached hydrogen (secondary N) is 2. The molecule has 0 spiro atoms. The zero-order valence-electron chi connectivity index (χ0n) is 15.0. The Labute approximate surface area is 166 Å². The van der Waals surface area contributed by atoms with Crippen LogP contribution >= 0.6 is 11.6 Å². The molecule has 2 N–H and O–H groups in total. The third kappa shape index (κ3) is 3.00. The van der Waals surface area contributed by atoms with E-state index in [4.69, 9.17) is 11.6 Å². The molecule has 0 fully saturated rings. The lowest BCUT2D eigenvalue weighted by molar-refractivity contribution is 0.524. The van der Waals surface area contributed by atoms with Crippen molar-refractivity contribution in [2.24, 2.45) is 0 Å². The molecule has 7 heteroatoms. The second-order valence-corrected chi connectivity index (χ2v) is 7.35. The van der Waals surface area contributed by atoms with Gasteiger partial charge in [-0.15, -0.1) is 0 Å². The molecule has 2 aromatic heterocycles. The van der Waals surface area contributed by atoms with Crippen molar-refractivity contribution in [3.8, 4) is 11.4 Å². The molecule has 0 radical (unpaired) electrons. The van der Waals surface area contributed by atoms with Crippen molar-refractivity contribution in [1.82, 2.24) is 24.9 Å². The van der Waals surface area contributed by atoms with E-state index in [-0.39, 0.29) is 11.6 Å². The molecule has 5 rings (SSSR count). The number of fused-ring (bicyclic) bond motifs is 2. The Kier molecular flexibility index (Phi) is 4.22. The van der Waals surface area contributed by atoms with Crippen LogP contribution in [0.2, 0.25) is 5.02 Å². The van der Waals surface area contributed by atoms with Gasteiger partial charge in [0.05, 0.1) is 5.69 Å². The summed E-state index contributed by atoms with van der Waals surface area (Å²) in [6, 6.07) is 17.5. The predicted octanol–water partition coefficient (Wildman–Crippen LogP) is 3.52. The summed E-state index contributed by atoms with van der Waals surface area (Å²) in [6.45, 7) is 0.496. The lowest BCUT2D eigenvalue weighted by Crippen LogP contribution is -2.22. The molecule has 6 nitrogen and oxygen atoms in total. The standard InChI is InChI=1S/C21H18ClN5O/c22-17-8-4-7-16-15(17)9-10-18(16)23-12-14-11-19(28)27-21(24-14)25-20(26-27)13-5-2-1-3-6-13/h1-8,11,18,23H,9-10,12H2,(H,24,25,26). The molecule has 1 aliphatic rings. The van der Waals surface area contributed by atoms with Gasteiger partial charge in [0.25, 0.3) is 11.3 Å². The van der Waals surface area contributed by atoms with Crippen molar-refractivity contribution >= 4 is 17.4 Å². The Morgan fingerprint density at radius 3 is 2.86 bits per heavy atom. The fraction of sp³-hybridized carbons (Fsp3) is 0.190. The number of aromatic nitrogens is 4. The van der Waals surface area contributed by atoms with Gasteiger partial charge in [0, 0.05) is 29.2 Å². The molecule has 0 bridgehead atoms. The van der Waals surface area contributed by atoms with E-state index >= 15 is 0 Å². The van der Waals surface area contributed by atoms with E-state index in [1.807, 2.05) is 42.5 Å². The first kappa shape index (κ1) is 17.2. The van der Waals surface area contributed by atoms with Gasteiger partial charge in [-0.3, -0.25) is 9.89 Å². The molecular formula is C21H18ClN5O. The molecule has 1 unspecified atom stereocenters. The van der Waals surface area contributed by atoms with Crippen LogP contribution in [0.5, 0.6) is 0 Å². The maximum absolute atomic E-state index is 12.5. The highest BCUT2D eigenvalue weighted by Crippen LogP contribution is 2.35. The fourth-order valence-corrected chi connectivity index (χ4v) is 4.07. The maximum Gasteiger partial charge on any atom is 0.274 e. The molecule has 1 aliphatic carbocycles. The molecule has 1 atom stereocenters. The van der Waals surface area contributed by atoms with Crippen LogP contribution in [0.4, 0.5) is 0 Å². The Bertz CT molecular complexity index is 1210. The van der Waals surface area contributed by atoms with E-state index < -0.39 is 0 Å². The molecule has 2 aromatic carbocycles. The van der Waals surface area contributed by atoms with Crippen LogP contribution in [0, 0.1) is 0 Å². The van der Waals surface area contributed by atoms with Crippen molar-refractivity contribution in [2.75, 3.05) is 0 Å². The van der Waals surface area contributed by atoms with Crippen LogP contribution in [-0.4, -0.2) is 19.6 Å². The van der Waals surface area contributed by atoms with Crippen LogP contribution in [0.15, 0.2) is 59.4 Å². The van der Waals surface area contributed by atoms with Gasteiger partial charge >= 0.3 is 0 Å². The van der Waals surface area contributed by atoms with Gasteiger partial charge in [0.15, 0.2) is 5.82 Å². The summed E-state index contributed by atoms with van der Waals surface area (Å²) >= 11 is 6.30. The minimum atomic E-state index is -0.175. The minimum Gasteiger partial charge on any atom is -0.304 e. The predicted molar refractivity (Wildman–Crippen MR) is 108 cm³/mol. The highest BCUT2D eigenvalue weighted by molar-refractivity contribution is 6.31. The van der Waals surface area contributed by atoms with Gasteiger partial charge in [0.2, 0.25) is 0 Å². The number of hydrogen-bond donors (Lipinski definition) is 2. The van der Waals surface area contributed by atoms with Crippen molar-refractivity contribution in [1.29, 1.82) is 0 Å². The summed E-state index contributed by atoms with van der Waals surface area (Å²) < 4.78 is 1.37. The van der Waals surface area contributed by atoms with E-state index in [2.05, 4.69) is 26.4 Å². The Morgan fingerprint density at radius 2 is 2.00 bits per heavy atom. The summed E-state index contributed by atoms with van der Waals surface area (Å²) in [5.41, 5.74) is 3.85. The van der Waals surface area contributed by atoms with Gasteiger partial charge in [-0.25, -0.2) is 4.98 Å². The minimum absolute atomic E-state index is 0.175. The molecule has 0 aliphatic heterocycles. The van der Waals surface area contributed by atoms with Gasteiger partial charge in [-0.1, -0.05) is 54.1 Å². The number of H-pyrrole nitrogens is 1. The zero-order chi connectivity index (χ0) is 19.1. The fourth-order valence-electron chi connectivity index (χ4n) is 3.79. The van der Waals surface area contributed by atoms with Gasteiger partial charge in [-0.05, 0) is 30.0 Å². The normalized spacial score (nSPS) is 15.8. The number of benzene rings is 2. The maximum atomic E-state index is 12.5. The van der Waals surface area contributed by atoms with Crippen LogP contribution in [0.25, 0.3) is 17.2 Å². The van der Waals surface area contributed by atoms with Crippen molar-refractivity contribution in [3.63, 3.8) is 0 Å². The van der Waals surface area contributed by atoms with Crippen LogP contribution in [0.3, 0.4) is 0 Å². The largest absolute Gasteiger partial charge is 0.304 e. The summed E-state index contributed by atoms with van der Waals surface area (Å²) in [7, 11) is 0. The second kappa shape index (κ2) is 6.89. The van der Waals surface area contributed by atoms with E-state index in [1.54, 1.807) is 6.07 Å². The summed E-state index contributed by atoms with van der Waals surface area (Å²) in [5, 5.41) is 7.35.